The molecule has 1 saturated heterocycles. The lowest BCUT2D eigenvalue weighted by atomic mass is 9.99. The minimum atomic E-state index is -4.17. The molecule has 0 radical (unpaired) electrons. The number of hydrogen-bond acceptors (Lipinski definition) is 3. The van der Waals surface area contributed by atoms with Crippen molar-refractivity contribution >= 4 is 10.0 Å². The van der Waals surface area contributed by atoms with Crippen LogP contribution in [0, 0.1) is 17.6 Å². The summed E-state index contributed by atoms with van der Waals surface area (Å²) in [6.45, 7) is 1.52. The van der Waals surface area contributed by atoms with Gasteiger partial charge < -0.3 is 4.74 Å². The number of piperidine rings is 1. The molecule has 0 bridgehead atoms. The summed E-state index contributed by atoms with van der Waals surface area (Å²) < 4.78 is 59.6. The lowest BCUT2D eigenvalue weighted by Crippen LogP contribution is -2.40. The van der Waals surface area contributed by atoms with E-state index in [1.54, 1.807) is 0 Å². The molecule has 3 rings (SSSR count). The first-order chi connectivity index (χ1) is 12.5. The standard InChI is InChI=1S/C19H21F2NO3S/c20-17-7-4-8-18(21)19(17)26(23,24)22-11-9-16(10-12-22)14-25-13-15-5-2-1-3-6-15/h1-8,16H,9-14H2. The van der Waals surface area contributed by atoms with Crippen LogP contribution in [0.25, 0.3) is 0 Å². The summed E-state index contributed by atoms with van der Waals surface area (Å²) in [4.78, 5) is -0.862. The van der Waals surface area contributed by atoms with Crippen molar-refractivity contribution in [1.82, 2.24) is 4.31 Å². The predicted molar refractivity (Wildman–Crippen MR) is 93.9 cm³/mol. The van der Waals surface area contributed by atoms with Crippen LogP contribution in [0.3, 0.4) is 0 Å². The summed E-state index contributed by atoms with van der Waals surface area (Å²) in [5.74, 6) is -1.88. The average molecular weight is 381 g/mol. The fourth-order valence-electron chi connectivity index (χ4n) is 3.09. The van der Waals surface area contributed by atoms with Crippen molar-refractivity contribution in [2.45, 2.75) is 24.3 Å². The van der Waals surface area contributed by atoms with Gasteiger partial charge in [-0.05, 0) is 36.5 Å². The highest BCUT2D eigenvalue weighted by atomic mass is 32.2. The number of nitrogens with zero attached hydrogens (tertiary/aromatic N) is 1. The molecule has 2 aromatic carbocycles. The topological polar surface area (TPSA) is 46.6 Å². The van der Waals surface area contributed by atoms with E-state index in [-0.39, 0.29) is 19.0 Å². The second-order valence-electron chi connectivity index (χ2n) is 6.40. The van der Waals surface area contributed by atoms with E-state index in [9.17, 15) is 17.2 Å². The highest BCUT2D eigenvalue weighted by Gasteiger charge is 2.33. The fraction of sp³-hybridized carbons (Fsp3) is 0.368. The number of ether oxygens (including phenoxy) is 1. The smallest absolute Gasteiger partial charge is 0.248 e. The second-order valence-corrected chi connectivity index (χ2v) is 8.27. The lowest BCUT2D eigenvalue weighted by Gasteiger charge is -2.31. The molecule has 1 fully saturated rings. The van der Waals surface area contributed by atoms with E-state index in [1.165, 1.54) is 0 Å². The number of benzene rings is 2. The average Bonchev–Trinajstić information content (AvgIpc) is 2.63. The first-order valence-electron chi connectivity index (χ1n) is 8.54. The van der Waals surface area contributed by atoms with Crippen molar-refractivity contribution in [3.05, 3.63) is 65.7 Å². The molecule has 0 amide bonds. The van der Waals surface area contributed by atoms with Crippen LogP contribution in [0.1, 0.15) is 18.4 Å². The van der Waals surface area contributed by atoms with Crippen molar-refractivity contribution < 1.29 is 21.9 Å². The number of sulfonamides is 1. The molecule has 0 atom stereocenters. The maximum atomic E-state index is 13.8. The Morgan fingerprint density at radius 3 is 2.19 bits per heavy atom. The van der Waals surface area contributed by atoms with Gasteiger partial charge in [-0.1, -0.05) is 36.4 Å². The highest BCUT2D eigenvalue weighted by molar-refractivity contribution is 7.89. The zero-order valence-electron chi connectivity index (χ0n) is 14.3. The van der Waals surface area contributed by atoms with E-state index in [2.05, 4.69) is 0 Å². The van der Waals surface area contributed by atoms with Crippen LogP contribution < -0.4 is 0 Å². The molecule has 2 aromatic rings. The highest BCUT2D eigenvalue weighted by Crippen LogP contribution is 2.27. The van der Waals surface area contributed by atoms with Crippen LogP contribution in [0.2, 0.25) is 0 Å². The third-order valence-corrected chi connectivity index (χ3v) is 6.51. The van der Waals surface area contributed by atoms with Gasteiger partial charge in [0.1, 0.15) is 11.6 Å². The Bertz CT molecular complexity index is 815. The van der Waals surface area contributed by atoms with Crippen molar-refractivity contribution in [1.29, 1.82) is 0 Å². The minimum absolute atomic E-state index is 0.232. The maximum Gasteiger partial charge on any atom is 0.248 e. The first-order valence-corrected chi connectivity index (χ1v) is 9.98. The molecule has 0 unspecified atom stereocenters. The molecule has 1 aliphatic rings. The summed E-state index contributed by atoms with van der Waals surface area (Å²) in [5.41, 5.74) is 1.09. The third kappa shape index (κ3) is 4.28. The Kier molecular flexibility index (Phi) is 6.01. The number of halogens is 2. The van der Waals surface area contributed by atoms with Gasteiger partial charge in [0.25, 0.3) is 0 Å². The van der Waals surface area contributed by atoms with Gasteiger partial charge in [0, 0.05) is 19.7 Å². The summed E-state index contributed by atoms with van der Waals surface area (Å²) in [7, 11) is -4.17. The van der Waals surface area contributed by atoms with Gasteiger partial charge in [-0.2, -0.15) is 4.31 Å². The van der Waals surface area contributed by atoms with Gasteiger partial charge in [-0.25, -0.2) is 17.2 Å². The SMILES string of the molecule is O=S(=O)(c1c(F)cccc1F)N1CCC(COCc2ccccc2)CC1. The Labute approximate surface area is 152 Å². The van der Waals surface area contributed by atoms with Gasteiger partial charge in [-0.15, -0.1) is 0 Å². The normalized spacial score (nSPS) is 16.7. The molecular weight excluding hydrogens is 360 g/mol. The van der Waals surface area contributed by atoms with Crippen LogP contribution in [-0.4, -0.2) is 32.4 Å². The minimum Gasteiger partial charge on any atom is -0.376 e. The van der Waals surface area contributed by atoms with E-state index >= 15 is 0 Å². The Balaban J connectivity index is 1.55. The van der Waals surface area contributed by atoms with Crippen LogP contribution in [0.15, 0.2) is 53.4 Å². The number of hydrogen-bond donors (Lipinski definition) is 0. The largest absolute Gasteiger partial charge is 0.376 e. The van der Waals surface area contributed by atoms with Crippen molar-refractivity contribution in [3.63, 3.8) is 0 Å². The molecule has 0 N–H and O–H groups in total. The monoisotopic (exact) mass is 381 g/mol. The summed E-state index contributed by atoms with van der Waals surface area (Å²) >= 11 is 0. The Morgan fingerprint density at radius 2 is 1.58 bits per heavy atom. The molecule has 1 heterocycles. The molecule has 0 spiro atoms. The second kappa shape index (κ2) is 8.24. The molecule has 0 aromatic heterocycles. The molecule has 7 heteroatoms. The van der Waals surface area contributed by atoms with Crippen LogP contribution in [0.4, 0.5) is 8.78 Å². The zero-order chi connectivity index (χ0) is 18.6. The van der Waals surface area contributed by atoms with E-state index < -0.39 is 26.6 Å². The summed E-state index contributed by atoms with van der Waals surface area (Å²) in [5, 5.41) is 0. The van der Waals surface area contributed by atoms with E-state index in [0.29, 0.717) is 26.1 Å². The van der Waals surface area contributed by atoms with Gasteiger partial charge in [0.05, 0.1) is 6.61 Å². The third-order valence-electron chi connectivity index (χ3n) is 4.56. The molecule has 26 heavy (non-hydrogen) atoms. The van der Waals surface area contributed by atoms with Gasteiger partial charge in [0.15, 0.2) is 4.90 Å². The molecule has 0 aliphatic carbocycles. The quantitative estimate of drug-likeness (QED) is 0.768. The lowest BCUT2D eigenvalue weighted by molar-refractivity contribution is 0.0687. The van der Waals surface area contributed by atoms with Gasteiger partial charge in [-0.3, -0.25) is 0 Å². The maximum absolute atomic E-state index is 13.8. The van der Waals surface area contributed by atoms with Crippen molar-refractivity contribution in [2.24, 2.45) is 5.92 Å². The van der Waals surface area contributed by atoms with Crippen LogP contribution in [-0.2, 0) is 21.4 Å². The molecular formula is C19H21F2NO3S. The molecule has 1 aliphatic heterocycles. The van der Waals surface area contributed by atoms with E-state index in [1.807, 2.05) is 30.3 Å². The molecule has 0 saturated carbocycles. The van der Waals surface area contributed by atoms with Crippen molar-refractivity contribution in [2.75, 3.05) is 19.7 Å². The van der Waals surface area contributed by atoms with Crippen LogP contribution >= 0.6 is 0 Å². The number of rotatable bonds is 6. The van der Waals surface area contributed by atoms with Crippen molar-refractivity contribution in [3.8, 4) is 0 Å². The van der Waals surface area contributed by atoms with E-state index in [0.717, 1.165) is 28.1 Å². The Morgan fingerprint density at radius 1 is 0.962 bits per heavy atom. The fourth-order valence-corrected chi connectivity index (χ4v) is 4.67. The van der Waals surface area contributed by atoms with Gasteiger partial charge >= 0.3 is 0 Å². The predicted octanol–water partition coefficient (Wildman–Crippen LogP) is 3.58. The van der Waals surface area contributed by atoms with Gasteiger partial charge in [0.2, 0.25) is 10.0 Å². The molecule has 4 nitrogen and oxygen atoms in total. The summed E-state index contributed by atoms with van der Waals surface area (Å²) in [6.07, 6.45) is 1.20. The summed E-state index contributed by atoms with van der Waals surface area (Å²) in [6, 6.07) is 12.9. The van der Waals surface area contributed by atoms with E-state index in [4.69, 9.17) is 4.74 Å². The van der Waals surface area contributed by atoms with Crippen LogP contribution in [0.5, 0.6) is 0 Å². The molecule has 140 valence electrons. The Hall–Kier alpha value is -1.83. The first kappa shape index (κ1) is 18.9. The zero-order valence-corrected chi connectivity index (χ0v) is 15.1.